The third-order valence-electron chi connectivity index (χ3n) is 6.59. The summed E-state index contributed by atoms with van der Waals surface area (Å²) in [5.41, 5.74) is 9.65. The van der Waals surface area contributed by atoms with E-state index in [2.05, 4.69) is 12.2 Å². The third kappa shape index (κ3) is 4.54. The van der Waals surface area contributed by atoms with Gasteiger partial charge in [-0.1, -0.05) is 60.8 Å². The Morgan fingerprint density at radius 1 is 1.14 bits per heavy atom. The number of para-hydroxylation sites is 1. The van der Waals surface area contributed by atoms with E-state index in [9.17, 15) is 9.59 Å². The second-order valence-corrected chi connectivity index (χ2v) is 10.7. The van der Waals surface area contributed by atoms with E-state index in [4.69, 9.17) is 33.9 Å². The van der Waals surface area contributed by atoms with Crippen molar-refractivity contribution in [1.82, 2.24) is 4.98 Å². The lowest BCUT2D eigenvalue weighted by atomic mass is 9.85. The van der Waals surface area contributed by atoms with Gasteiger partial charge in [-0.2, -0.15) is 0 Å². The molecule has 2 amide bonds. The summed E-state index contributed by atoms with van der Waals surface area (Å²) in [6.07, 6.45) is 3.83. The van der Waals surface area contributed by atoms with Crippen molar-refractivity contribution >= 4 is 62.3 Å². The number of benzene rings is 2. The predicted molar refractivity (Wildman–Crippen MR) is 144 cm³/mol. The van der Waals surface area contributed by atoms with Gasteiger partial charge in [-0.15, -0.1) is 11.3 Å². The summed E-state index contributed by atoms with van der Waals surface area (Å²) in [5, 5.41) is 5.07. The Bertz CT molecular complexity index is 1480. The number of nitrogens with zero attached hydrogens (tertiary/aromatic N) is 1. The summed E-state index contributed by atoms with van der Waals surface area (Å²) in [5.74, 6) is -0.245. The molecule has 0 saturated carbocycles. The van der Waals surface area contributed by atoms with E-state index in [1.807, 2.05) is 30.3 Å². The van der Waals surface area contributed by atoms with Crippen molar-refractivity contribution < 1.29 is 9.59 Å². The van der Waals surface area contributed by atoms with Crippen LogP contribution in [0.2, 0.25) is 10.0 Å². The normalized spacial score (nSPS) is 15.1. The number of hydrogen-bond donors (Lipinski definition) is 2. The van der Waals surface area contributed by atoms with Gasteiger partial charge in [0.15, 0.2) is 0 Å². The number of nitrogens with two attached hydrogens (primary N) is 1. The summed E-state index contributed by atoms with van der Waals surface area (Å²) < 4.78 is 0. The number of primary amides is 1. The molecule has 1 aliphatic carbocycles. The van der Waals surface area contributed by atoms with E-state index in [1.54, 1.807) is 18.2 Å². The van der Waals surface area contributed by atoms with Crippen LogP contribution in [-0.2, 0) is 12.8 Å². The number of halogens is 2. The fourth-order valence-corrected chi connectivity index (χ4v) is 6.35. The zero-order chi connectivity index (χ0) is 24.7. The Labute approximate surface area is 217 Å². The number of carbonyl (C=O) groups is 2. The van der Waals surface area contributed by atoms with E-state index < -0.39 is 5.91 Å². The van der Waals surface area contributed by atoms with Gasteiger partial charge in [-0.05, 0) is 55.0 Å². The lowest BCUT2D eigenvalue weighted by Gasteiger charge is -2.20. The van der Waals surface area contributed by atoms with Crippen LogP contribution in [0.25, 0.3) is 22.2 Å². The molecule has 178 valence electrons. The van der Waals surface area contributed by atoms with Crippen LogP contribution >= 0.6 is 34.5 Å². The first-order valence-electron chi connectivity index (χ1n) is 11.5. The Balaban J connectivity index is 1.57. The molecule has 5 rings (SSSR count). The standard InChI is InChI=1S/C27H23Cl2N3O2S/c1-2-14-7-9-17-23(11-14)35-27(24(17)25(30)33)32-26(34)18-13-22(15-8-10-19(28)20(29)12-15)31-21-6-4-3-5-16(18)21/h3-6,8,10,12-14H,2,7,9,11H2,1H3,(H2,30,33)(H,32,34). The first-order chi connectivity index (χ1) is 16.9. The van der Waals surface area contributed by atoms with Crippen molar-refractivity contribution in [2.24, 2.45) is 11.7 Å². The summed E-state index contributed by atoms with van der Waals surface area (Å²) in [4.78, 5) is 31.9. The number of anilines is 1. The zero-order valence-electron chi connectivity index (χ0n) is 19.0. The molecule has 0 bridgehead atoms. The molecule has 0 fully saturated rings. The maximum absolute atomic E-state index is 13.6. The maximum atomic E-state index is 13.6. The van der Waals surface area contributed by atoms with Crippen LogP contribution < -0.4 is 11.1 Å². The maximum Gasteiger partial charge on any atom is 0.257 e. The summed E-state index contributed by atoms with van der Waals surface area (Å²) >= 11 is 13.8. The van der Waals surface area contributed by atoms with E-state index in [-0.39, 0.29) is 5.91 Å². The Hall–Kier alpha value is -2.93. The number of fused-ring (bicyclic) bond motifs is 2. The predicted octanol–water partition coefficient (Wildman–Crippen LogP) is 7.14. The second kappa shape index (κ2) is 9.61. The van der Waals surface area contributed by atoms with Gasteiger partial charge in [0.25, 0.3) is 11.8 Å². The van der Waals surface area contributed by atoms with E-state index >= 15 is 0 Å². The molecule has 8 heteroatoms. The molecule has 1 atom stereocenters. The van der Waals surface area contributed by atoms with Crippen molar-refractivity contribution in [2.45, 2.75) is 32.6 Å². The molecule has 0 radical (unpaired) electrons. The average Bonchev–Trinajstić information content (AvgIpc) is 3.22. The highest BCUT2D eigenvalue weighted by Crippen LogP contribution is 2.40. The summed E-state index contributed by atoms with van der Waals surface area (Å²) in [6.45, 7) is 2.18. The van der Waals surface area contributed by atoms with Crippen molar-refractivity contribution in [2.75, 3.05) is 5.32 Å². The van der Waals surface area contributed by atoms with Gasteiger partial charge >= 0.3 is 0 Å². The van der Waals surface area contributed by atoms with Crippen LogP contribution in [0.5, 0.6) is 0 Å². The molecule has 2 aromatic carbocycles. The molecule has 0 spiro atoms. The van der Waals surface area contributed by atoms with Crippen LogP contribution in [0.3, 0.4) is 0 Å². The van der Waals surface area contributed by atoms with E-state index in [1.165, 1.54) is 11.3 Å². The van der Waals surface area contributed by atoms with Gasteiger partial charge in [-0.25, -0.2) is 4.98 Å². The number of carbonyl (C=O) groups excluding carboxylic acids is 2. The van der Waals surface area contributed by atoms with E-state index in [0.29, 0.717) is 48.7 Å². The molecule has 2 aromatic heterocycles. The Kier molecular flexibility index (Phi) is 6.53. The highest BCUT2D eigenvalue weighted by atomic mass is 35.5. The van der Waals surface area contributed by atoms with Gasteiger partial charge in [-0.3, -0.25) is 9.59 Å². The molecule has 2 heterocycles. The molecule has 4 aromatic rings. The van der Waals surface area contributed by atoms with Crippen LogP contribution in [0, 0.1) is 5.92 Å². The van der Waals surface area contributed by atoms with Gasteiger partial charge < -0.3 is 11.1 Å². The Morgan fingerprint density at radius 3 is 2.69 bits per heavy atom. The van der Waals surface area contributed by atoms with Crippen LogP contribution in [0.4, 0.5) is 5.00 Å². The quantitative estimate of drug-likeness (QED) is 0.291. The first kappa shape index (κ1) is 23.8. The smallest absolute Gasteiger partial charge is 0.257 e. The van der Waals surface area contributed by atoms with E-state index in [0.717, 1.165) is 41.7 Å². The molecule has 1 unspecified atom stereocenters. The number of thiophene rings is 1. The van der Waals surface area contributed by atoms with Gasteiger partial charge in [0.1, 0.15) is 5.00 Å². The minimum Gasteiger partial charge on any atom is -0.365 e. The molecular weight excluding hydrogens is 501 g/mol. The summed E-state index contributed by atoms with van der Waals surface area (Å²) in [7, 11) is 0. The van der Waals surface area contributed by atoms with Crippen molar-refractivity contribution in [3.05, 3.63) is 80.1 Å². The van der Waals surface area contributed by atoms with Crippen LogP contribution in [0.15, 0.2) is 48.5 Å². The molecule has 5 nitrogen and oxygen atoms in total. The van der Waals surface area contributed by atoms with Gasteiger partial charge in [0.2, 0.25) is 0 Å². The molecule has 35 heavy (non-hydrogen) atoms. The monoisotopic (exact) mass is 523 g/mol. The number of amides is 2. The lowest BCUT2D eigenvalue weighted by Crippen LogP contribution is -2.20. The molecule has 0 aliphatic heterocycles. The molecule has 0 saturated heterocycles. The van der Waals surface area contributed by atoms with Crippen molar-refractivity contribution in [1.29, 1.82) is 0 Å². The highest BCUT2D eigenvalue weighted by Gasteiger charge is 2.28. The fourth-order valence-electron chi connectivity index (χ4n) is 4.69. The second-order valence-electron chi connectivity index (χ2n) is 8.74. The number of hydrogen-bond acceptors (Lipinski definition) is 4. The van der Waals surface area contributed by atoms with Crippen LogP contribution in [-0.4, -0.2) is 16.8 Å². The topological polar surface area (TPSA) is 85.1 Å². The van der Waals surface area contributed by atoms with Gasteiger partial charge in [0.05, 0.1) is 32.4 Å². The first-order valence-corrected chi connectivity index (χ1v) is 13.0. The largest absolute Gasteiger partial charge is 0.365 e. The highest BCUT2D eigenvalue weighted by molar-refractivity contribution is 7.17. The van der Waals surface area contributed by atoms with Gasteiger partial charge in [0, 0.05) is 15.8 Å². The van der Waals surface area contributed by atoms with Crippen molar-refractivity contribution in [3.8, 4) is 11.3 Å². The zero-order valence-corrected chi connectivity index (χ0v) is 21.4. The molecular formula is C27H23Cl2N3O2S. The van der Waals surface area contributed by atoms with Crippen molar-refractivity contribution in [3.63, 3.8) is 0 Å². The summed E-state index contributed by atoms with van der Waals surface area (Å²) in [6, 6.07) is 14.4. The number of rotatable bonds is 5. The minimum absolute atomic E-state index is 0.321. The average molecular weight is 524 g/mol. The number of pyridine rings is 1. The lowest BCUT2D eigenvalue weighted by molar-refractivity contribution is 0.1000. The number of nitrogens with one attached hydrogen (secondary N) is 1. The van der Waals surface area contributed by atoms with Crippen LogP contribution in [0.1, 0.15) is 50.9 Å². The minimum atomic E-state index is -0.510. The third-order valence-corrected chi connectivity index (χ3v) is 8.50. The molecule has 1 aliphatic rings. The fraction of sp³-hybridized carbons (Fsp3) is 0.222. The SMILES string of the molecule is CCC1CCc2c(sc(NC(=O)c3cc(-c4ccc(Cl)c(Cl)c4)nc4ccccc34)c2C(N)=O)C1. The Morgan fingerprint density at radius 2 is 1.94 bits per heavy atom. The number of aromatic nitrogens is 1. The molecule has 3 N–H and O–H groups in total.